The van der Waals surface area contributed by atoms with E-state index in [2.05, 4.69) is 32.1 Å². The maximum absolute atomic E-state index is 4.20. The Kier molecular flexibility index (Phi) is 8.43. The Bertz CT molecular complexity index is 571. The molecule has 0 amide bonds. The molecule has 0 aliphatic rings. The molecule has 116 valence electrons. The SMILES string of the molecule is CN=C(NCCCSC)NCc1nnc2ccccn12.I. The number of halogens is 1. The maximum Gasteiger partial charge on any atom is 0.191 e. The number of hydrogen-bond donors (Lipinski definition) is 2. The third-order valence-corrected chi connectivity index (χ3v) is 3.54. The molecule has 21 heavy (non-hydrogen) atoms. The summed E-state index contributed by atoms with van der Waals surface area (Å²) >= 11 is 1.85. The van der Waals surface area contributed by atoms with E-state index in [1.54, 1.807) is 7.05 Å². The lowest BCUT2D eigenvalue weighted by Crippen LogP contribution is -2.37. The highest BCUT2D eigenvalue weighted by Gasteiger charge is 2.05. The number of nitrogens with zero attached hydrogens (tertiary/aromatic N) is 4. The van der Waals surface area contributed by atoms with Gasteiger partial charge < -0.3 is 10.6 Å². The molecule has 0 fully saturated rings. The average Bonchev–Trinajstić information content (AvgIpc) is 2.90. The van der Waals surface area contributed by atoms with Crippen molar-refractivity contribution in [1.82, 2.24) is 25.2 Å². The molecule has 0 radical (unpaired) electrons. The topological polar surface area (TPSA) is 66.6 Å². The van der Waals surface area contributed by atoms with Crippen molar-refractivity contribution in [3.8, 4) is 0 Å². The van der Waals surface area contributed by atoms with Crippen LogP contribution < -0.4 is 10.6 Å². The standard InChI is InChI=1S/C13H20N6S.HI/c1-14-13(15-7-5-9-20-2)16-10-12-18-17-11-6-3-4-8-19(11)12;/h3-4,6,8H,5,7,9-10H2,1-2H3,(H2,14,15,16);1H. The number of nitrogens with one attached hydrogen (secondary N) is 2. The van der Waals surface area contributed by atoms with Crippen LogP contribution in [0.25, 0.3) is 5.65 Å². The number of rotatable bonds is 6. The largest absolute Gasteiger partial charge is 0.356 e. The number of hydrogen-bond acceptors (Lipinski definition) is 4. The van der Waals surface area contributed by atoms with Crippen LogP contribution in [0.5, 0.6) is 0 Å². The molecule has 2 heterocycles. The fourth-order valence-corrected chi connectivity index (χ4v) is 2.25. The van der Waals surface area contributed by atoms with Gasteiger partial charge in [-0.2, -0.15) is 11.8 Å². The number of guanidine groups is 1. The first kappa shape index (κ1) is 18.0. The molecule has 0 bridgehead atoms. The predicted octanol–water partition coefficient (Wildman–Crippen LogP) is 1.77. The van der Waals surface area contributed by atoms with Gasteiger partial charge in [0.15, 0.2) is 17.4 Å². The van der Waals surface area contributed by atoms with E-state index in [9.17, 15) is 0 Å². The minimum Gasteiger partial charge on any atom is -0.356 e. The van der Waals surface area contributed by atoms with Crippen molar-refractivity contribution in [2.75, 3.05) is 25.6 Å². The van der Waals surface area contributed by atoms with E-state index < -0.39 is 0 Å². The van der Waals surface area contributed by atoms with Gasteiger partial charge in [-0.05, 0) is 30.6 Å². The monoisotopic (exact) mass is 420 g/mol. The van der Waals surface area contributed by atoms with E-state index in [4.69, 9.17) is 0 Å². The van der Waals surface area contributed by atoms with Crippen molar-refractivity contribution in [1.29, 1.82) is 0 Å². The molecular formula is C13H21IN6S. The lowest BCUT2D eigenvalue weighted by Gasteiger charge is -2.10. The molecule has 2 aromatic rings. The first-order valence-corrected chi connectivity index (χ1v) is 7.96. The lowest BCUT2D eigenvalue weighted by atomic mass is 10.4. The highest BCUT2D eigenvalue weighted by atomic mass is 127. The van der Waals surface area contributed by atoms with Crippen LogP contribution in [0, 0.1) is 0 Å². The fourth-order valence-electron chi connectivity index (χ4n) is 1.82. The first-order chi connectivity index (χ1) is 9.85. The maximum atomic E-state index is 4.20. The van der Waals surface area contributed by atoms with Gasteiger partial charge in [0.05, 0.1) is 6.54 Å². The van der Waals surface area contributed by atoms with Crippen LogP contribution in [-0.2, 0) is 6.54 Å². The van der Waals surface area contributed by atoms with E-state index in [0.717, 1.165) is 36.1 Å². The van der Waals surface area contributed by atoms with Gasteiger partial charge in [0.25, 0.3) is 0 Å². The summed E-state index contributed by atoms with van der Waals surface area (Å²) in [4.78, 5) is 4.20. The molecule has 0 unspecified atom stereocenters. The summed E-state index contributed by atoms with van der Waals surface area (Å²) < 4.78 is 1.97. The predicted molar refractivity (Wildman–Crippen MR) is 99.6 cm³/mol. The van der Waals surface area contributed by atoms with Gasteiger partial charge in [0.1, 0.15) is 0 Å². The van der Waals surface area contributed by atoms with Crippen LogP contribution in [0.3, 0.4) is 0 Å². The summed E-state index contributed by atoms with van der Waals surface area (Å²) in [6.07, 6.45) is 5.19. The lowest BCUT2D eigenvalue weighted by molar-refractivity contribution is 0.753. The molecule has 0 saturated heterocycles. The second-order valence-electron chi connectivity index (χ2n) is 4.24. The van der Waals surface area contributed by atoms with Gasteiger partial charge in [0, 0.05) is 19.8 Å². The Morgan fingerprint density at radius 2 is 2.19 bits per heavy atom. The zero-order valence-corrected chi connectivity index (χ0v) is 15.4. The molecule has 0 aliphatic heterocycles. The van der Waals surface area contributed by atoms with Crippen LogP contribution in [0.15, 0.2) is 29.4 Å². The number of aliphatic imine (C=N–C) groups is 1. The highest BCUT2D eigenvalue weighted by molar-refractivity contribution is 14.0. The molecule has 0 spiro atoms. The summed E-state index contributed by atoms with van der Waals surface area (Å²) in [6.45, 7) is 1.51. The Morgan fingerprint density at radius 3 is 2.95 bits per heavy atom. The average molecular weight is 420 g/mol. The number of aromatic nitrogens is 3. The van der Waals surface area contributed by atoms with E-state index in [-0.39, 0.29) is 24.0 Å². The normalized spacial score (nSPS) is 11.2. The van der Waals surface area contributed by atoms with Crippen LogP contribution >= 0.6 is 35.7 Å². The fraction of sp³-hybridized carbons (Fsp3) is 0.462. The Balaban J connectivity index is 0.00000220. The van der Waals surface area contributed by atoms with Crippen molar-refractivity contribution in [2.45, 2.75) is 13.0 Å². The molecule has 0 aliphatic carbocycles. The summed E-state index contributed by atoms with van der Waals surface area (Å²) in [7, 11) is 1.77. The minimum absolute atomic E-state index is 0. The number of thioether (sulfide) groups is 1. The van der Waals surface area contributed by atoms with Gasteiger partial charge in [-0.3, -0.25) is 9.39 Å². The van der Waals surface area contributed by atoms with E-state index in [1.807, 2.05) is 40.6 Å². The molecule has 0 aromatic carbocycles. The molecule has 8 heteroatoms. The second-order valence-corrected chi connectivity index (χ2v) is 5.23. The van der Waals surface area contributed by atoms with Gasteiger partial charge in [-0.25, -0.2) is 0 Å². The van der Waals surface area contributed by atoms with Crippen molar-refractivity contribution in [3.05, 3.63) is 30.2 Å². The molecule has 6 nitrogen and oxygen atoms in total. The quantitative estimate of drug-likeness (QED) is 0.323. The summed E-state index contributed by atoms with van der Waals surface area (Å²) in [5, 5.41) is 14.8. The van der Waals surface area contributed by atoms with Crippen molar-refractivity contribution < 1.29 is 0 Å². The highest BCUT2D eigenvalue weighted by Crippen LogP contribution is 2.02. The van der Waals surface area contributed by atoms with Gasteiger partial charge >= 0.3 is 0 Å². The summed E-state index contributed by atoms with van der Waals surface area (Å²) in [5.74, 6) is 2.81. The smallest absolute Gasteiger partial charge is 0.191 e. The van der Waals surface area contributed by atoms with Crippen LogP contribution in [0.4, 0.5) is 0 Å². The summed E-state index contributed by atoms with van der Waals surface area (Å²) in [5.41, 5.74) is 0.854. The first-order valence-electron chi connectivity index (χ1n) is 6.57. The molecule has 2 N–H and O–H groups in total. The Morgan fingerprint density at radius 1 is 1.33 bits per heavy atom. The van der Waals surface area contributed by atoms with Crippen molar-refractivity contribution in [2.24, 2.45) is 4.99 Å². The van der Waals surface area contributed by atoms with Crippen LogP contribution in [-0.4, -0.2) is 46.2 Å². The zero-order valence-electron chi connectivity index (χ0n) is 12.2. The second kappa shape index (κ2) is 9.82. The minimum atomic E-state index is 0. The van der Waals surface area contributed by atoms with Gasteiger partial charge in [-0.15, -0.1) is 34.2 Å². The van der Waals surface area contributed by atoms with Crippen LogP contribution in [0.1, 0.15) is 12.2 Å². The third kappa shape index (κ3) is 5.34. The van der Waals surface area contributed by atoms with Gasteiger partial charge in [0.2, 0.25) is 0 Å². The van der Waals surface area contributed by atoms with Crippen molar-refractivity contribution >= 4 is 47.3 Å². The molecular weight excluding hydrogens is 399 g/mol. The van der Waals surface area contributed by atoms with Gasteiger partial charge in [-0.1, -0.05) is 6.07 Å². The summed E-state index contributed by atoms with van der Waals surface area (Å²) in [6, 6.07) is 5.86. The Hall–Kier alpha value is -1.03. The van der Waals surface area contributed by atoms with E-state index in [1.165, 1.54) is 0 Å². The van der Waals surface area contributed by atoms with Crippen molar-refractivity contribution in [3.63, 3.8) is 0 Å². The number of pyridine rings is 1. The van der Waals surface area contributed by atoms with Crippen LogP contribution in [0.2, 0.25) is 0 Å². The van der Waals surface area contributed by atoms with E-state index in [0.29, 0.717) is 6.54 Å². The molecule has 0 atom stereocenters. The molecule has 0 saturated carbocycles. The number of fused-ring (bicyclic) bond motifs is 1. The molecule has 2 rings (SSSR count). The van der Waals surface area contributed by atoms with E-state index >= 15 is 0 Å². The zero-order chi connectivity index (χ0) is 14.2. The Labute approximate surface area is 146 Å². The molecule has 2 aromatic heterocycles. The third-order valence-electron chi connectivity index (χ3n) is 2.84.